The van der Waals surface area contributed by atoms with Crippen molar-refractivity contribution in [2.75, 3.05) is 0 Å². The molecule has 0 radical (unpaired) electrons. The summed E-state index contributed by atoms with van der Waals surface area (Å²) in [5.41, 5.74) is 2.55. The van der Waals surface area contributed by atoms with E-state index in [-0.39, 0.29) is 6.61 Å². The third-order valence-electron chi connectivity index (χ3n) is 3.24. The molecular weight excluding hydrogens is 270 g/mol. The van der Waals surface area contributed by atoms with Crippen LogP contribution in [-0.4, -0.2) is 20.5 Å². The molecule has 0 atom stereocenters. The Morgan fingerprint density at radius 1 is 1.43 bits per heavy atom. The Kier molecular flexibility index (Phi) is 3.43. The zero-order valence-corrected chi connectivity index (χ0v) is 11.9. The Balaban J connectivity index is 1.75. The molecule has 0 aliphatic carbocycles. The van der Waals surface area contributed by atoms with Crippen molar-refractivity contribution < 1.29 is 14.1 Å². The SMILES string of the molecule is CCc1noc(C)c1C(=O)OCc1cn2ccccc2n1. The molecule has 3 aromatic rings. The topological polar surface area (TPSA) is 69.6 Å². The number of carbonyl (C=O) groups excluding carboxylic acids is 1. The molecule has 3 rings (SSSR count). The third-order valence-corrected chi connectivity index (χ3v) is 3.24. The lowest BCUT2D eigenvalue weighted by atomic mass is 10.1. The molecule has 0 bridgehead atoms. The van der Waals surface area contributed by atoms with Gasteiger partial charge >= 0.3 is 5.97 Å². The number of hydrogen-bond donors (Lipinski definition) is 0. The van der Waals surface area contributed by atoms with Gasteiger partial charge in [0.15, 0.2) is 0 Å². The van der Waals surface area contributed by atoms with Crippen molar-refractivity contribution in [1.82, 2.24) is 14.5 Å². The van der Waals surface area contributed by atoms with Crippen LogP contribution < -0.4 is 0 Å². The molecule has 0 N–H and O–H groups in total. The Morgan fingerprint density at radius 2 is 2.29 bits per heavy atom. The molecule has 0 unspecified atom stereocenters. The third kappa shape index (κ3) is 2.52. The van der Waals surface area contributed by atoms with Crippen molar-refractivity contribution in [1.29, 1.82) is 0 Å². The van der Waals surface area contributed by atoms with Crippen molar-refractivity contribution in [3.63, 3.8) is 0 Å². The summed E-state index contributed by atoms with van der Waals surface area (Å²) in [5, 5.41) is 3.85. The zero-order valence-electron chi connectivity index (χ0n) is 11.9. The number of imidazole rings is 1. The molecular formula is C15H15N3O3. The molecule has 21 heavy (non-hydrogen) atoms. The van der Waals surface area contributed by atoms with E-state index >= 15 is 0 Å². The highest BCUT2D eigenvalue weighted by molar-refractivity contribution is 5.91. The number of pyridine rings is 1. The Morgan fingerprint density at radius 3 is 3.05 bits per heavy atom. The van der Waals surface area contributed by atoms with Gasteiger partial charge in [-0.2, -0.15) is 0 Å². The molecule has 0 saturated heterocycles. The zero-order chi connectivity index (χ0) is 14.8. The number of aryl methyl sites for hydroxylation is 2. The number of rotatable bonds is 4. The van der Waals surface area contributed by atoms with E-state index in [9.17, 15) is 4.79 Å². The number of aromatic nitrogens is 3. The maximum atomic E-state index is 12.1. The van der Waals surface area contributed by atoms with E-state index in [0.29, 0.717) is 29.1 Å². The van der Waals surface area contributed by atoms with Gasteiger partial charge in [-0.05, 0) is 25.5 Å². The first kappa shape index (κ1) is 13.4. The molecule has 6 heteroatoms. The number of ether oxygens (including phenoxy) is 1. The van der Waals surface area contributed by atoms with Gasteiger partial charge in [-0.15, -0.1) is 0 Å². The van der Waals surface area contributed by atoms with E-state index in [2.05, 4.69) is 10.1 Å². The summed E-state index contributed by atoms with van der Waals surface area (Å²) in [6.07, 6.45) is 4.35. The first-order valence-electron chi connectivity index (χ1n) is 6.74. The number of carbonyl (C=O) groups is 1. The summed E-state index contributed by atoms with van der Waals surface area (Å²) in [6, 6.07) is 5.72. The van der Waals surface area contributed by atoms with Gasteiger partial charge in [-0.3, -0.25) is 0 Å². The van der Waals surface area contributed by atoms with Crippen LogP contribution >= 0.6 is 0 Å². The maximum Gasteiger partial charge on any atom is 0.344 e. The number of nitrogens with zero attached hydrogens (tertiary/aromatic N) is 3. The van der Waals surface area contributed by atoms with Gasteiger partial charge in [0.25, 0.3) is 0 Å². The molecule has 0 saturated carbocycles. The van der Waals surface area contributed by atoms with Gasteiger partial charge in [0.05, 0.1) is 11.4 Å². The standard InChI is InChI=1S/C15H15N3O3/c1-3-12-14(10(2)21-17-12)15(19)20-9-11-8-18-7-5-4-6-13(18)16-11/h4-8H,3,9H2,1-2H3. The summed E-state index contributed by atoms with van der Waals surface area (Å²) in [6.45, 7) is 3.73. The molecule has 0 spiro atoms. The van der Waals surface area contributed by atoms with Crippen LogP contribution in [0.2, 0.25) is 0 Å². The first-order chi connectivity index (χ1) is 10.2. The minimum Gasteiger partial charge on any atom is -0.455 e. The Bertz CT molecular complexity index is 755. The lowest BCUT2D eigenvalue weighted by Gasteiger charge is -2.02. The van der Waals surface area contributed by atoms with Gasteiger partial charge in [-0.1, -0.05) is 18.1 Å². The van der Waals surface area contributed by atoms with Crippen LogP contribution in [0.5, 0.6) is 0 Å². The second kappa shape index (κ2) is 5.40. The number of hydrogen-bond acceptors (Lipinski definition) is 5. The van der Waals surface area contributed by atoms with Crippen LogP contribution in [0.15, 0.2) is 35.1 Å². The minimum atomic E-state index is -0.428. The predicted octanol–water partition coefficient (Wildman–Crippen LogP) is 2.55. The van der Waals surface area contributed by atoms with E-state index in [1.54, 1.807) is 6.92 Å². The van der Waals surface area contributed by atoms with Crippen molar-refractivity contribution in [3.05, 3.63) is 53.3 Å². The summed E-state index contributed by atoms with van der Waals surface area (Å²) in [7, 11) is 0. The smallest absolute Gasteiger partial charge is 0.344 e. The fourth-order valence-corrected chi connectivity index (χ4v) is 2.19. The van der Waals surface area contributed by atoms with Crippen LogP contribution in [0.25, 0.3) is 5.65 Å². The molecule has 0 aliphatic rings. The van der Waals surface area contributed by atoms with Gasteiger partial charge < -0.3 is 13.7 Å². The lowest BCUT2D eigenvalue weighted by Crippen LogP contribution is -2.08. The lowest BCUT2D eigenvalue weighted by molar-refractivity contribution is 0.0465. The summed E-state index contributed by atoms with van der Waals surface area (Å²) in [4.78, 5) is 16.5. The highest BCUT2D eigenvalue weighted by atomic mass is 16.5. The van der Waals surface area contributed by atoms with Gasteiger partial charge in [-0.25, -0.2) is 9.78 Å². The van der Waals surface area contributed by atoms with Crippen LogP contribution in [-0.2, 0) is 17.8 Å². The normalized spacial score (nSPS) is 11.0. The van der Waals surface area contributed by atoms with Gasteiger partial charge in [0, 0.05) is 12.4 Å². The highest BCUT2D eigenvalue weighted by Crippen LogP contribution is 2.16. The number of fused-ring (bicyclic) bond motifs is 1. The van der Waals surface area contributed by atoms with Crippen LogP contribution in [0.3, 0.4) is 0 Å². The summed E-state index contributed by atoms with van der Waals surface area (Å²) < 4.78 is 12.2. The molecule has 0 fully saturated rings. The van der Waals surface area contributed by atoms with Crippen LogP contribution in [0, 0.1) is 6.92 Å². The van der Waals surface area contributed by atoms with E-state index in [4.69, 9.17) is 9.26 Å². The molecule has 3 heterocycles. The maximum absolute atomic E-state index is 12.1. The average molecular weight is 285 g/mol. The highest BCUT2D eigenvalue weighted by Gasteiger charge is 2.20. The fourth-order valence-electron chi connectivity index (χ4n) is 2.19. The van der Waals surface area contributed by atoms with E-state index in [1.807, 2.05) is 41.9 Å². The second-order valence-corrected chi connectivity index (χ2v) is 4.69. The molecule has 0 amide bonds. The van der Waals surface area contributed by atoms with Gasteiger partial charge in [0.2, 0.25) is 0 Å². The van der Waals surface area contributed by atoms with Crippen molar-refractivity contribution in [2.45, 2.75) is 26.9 Å². The largest absolute Gasteiger partial charge is 0.455 e. The minimum absolute atomic E-state index is 0.119. The van der Waals surface area contributed by atoms with Crippen molar-refractivity contribution in [2.24, 2.45) is 0 Å². The molecule has 108 valence electrons. The van der Waals surface area contributed by atoms with Crippen molar-refractivity contribution in [3.8, 4) is 0 Å². The quantitative estimate of drug-likeness (QED) is 0.689. The molecule has 6 nitrogen and oxygen atoms in total. The van der Waals surface area contributed by atoms with Crippen molar-refractivity contribution >= 4 is 11.6 Å². The fraction of sp³-hybridized carbons (Fsp3) is 0.267. The molecule has 3 aromatic heterocycles. The first-order valence-corrected chi connectivity index (χ1v) is 6.74. The average Bonchev–Trinajstić information content (AvgIpc) is 3.07. The molecule has 0 aromatic carbocycles. The second-order valence-electron chi connectivity index (χ2n) is 4.69. The van der Waals surface area contributed by atoms with Crippen LogP contribution in [0.1, 0.15) is 34.4 Å². The predicted molar refractivity (Wildman–Crippen MR) is 74.9 cm³/mol. The Hall–Kier alpha value is -2.63. The summed E-state index contributed by atoms with van der Waals surface area (Å²) >= 11 is 0. The monoisotopic (exact) mass is 285 g/mol. The molecule has 0 aliphatic heterocycles. The van der Waals surface area contributed by atoms with Crippen LogP contribution in [0.4, 0.5) is 0 Å². The number of esters is 1. The van der Waals surface area contributed by atoms with Gasteiger partial charge in [0.1, 0.15) is 23.6 Å². The Labute approximate surface area is 121 Å². The van der Waals surface area contributed by atoms with E-state index < -0.39 is 5.97 Å². The summed E-state index contributed by atoms with van der Waals surface area (Å²) in [5.74, 6) is 0.0505. The van der Waals surface area contributed by atoms with E-state index in [0.717, 1.165) is 5.65 Å². The van der Waals surface area contributed by atoms with E-state index in [1.165, 1.54) is 0 Å².